The van der Waals surface area contributed by atoms with Crippen LogP contribution in [0.15, 0.2) is 53.5 Å². The summed E-state index contributed by atoms with van der Waals surface area (Å²) < 4.78 is 26.9. The molecule has 0 atom stereocenters. The number of fused-ring (bicyclic) bond motifs is 2. The smallest absolute Gasteiger partial charge is 0.343 e. The van der Waals surface area contributed by atoms with Crippen molar-refractivity contribution in [1.82, 2.24) is 9.47 Å². The highest BCUT2D eigenvalue weighted by Crippen LogP contribution is 2.48. The van der Waals surface area contributed by atoms with Gasteiger partial charge < -0.3 is 24.0 Å². The summed E-state index contributed by atoms with van der Waals surface area (Å²) in [6.45, 7) is 0.769. The van der Waals surface area contributed by atoms with E-state index in [0.717, 1.165) is 6.07 Å². The van der Waals surface area contributed by atoms with Crippen LogP contribution in [-0.4, -0.2) is 65.5 Å². The molecular weight excluding hydrogens is 583 g/mol. The fourth-order valence-electron chi connectivity index (χ4n) is 5.98. The average molecular weight is 611 g/mol. The molecule has 1 fully saturated rings. The van der Waals surface area contributed by atoms with Crippen molar-refractivity contribution in [2.75, 3.05) is 27.3 Å². The highest BCUT2D eigenvalue weighted by atomic mass is 35.5. The molecule has 0 saturated heterocycles. The number of benzene rings is 2. The van der Waals surface area contributed by atoms with E-state index < -0.39 is 46.2 Å². The number of ether oxygens (including phenoxy) is 2. The second kappa shape index (κ2) is 11.7. The molecule has 2 aliphatic rings. The maximum atomic E-state index is 14.5. The van der Waals surface area contributed by atoms with E-state index in [0.29, 0.717) is 19.4 Å². The predicted molar refractivity (Wildman–Crippen MR) is 153 cm³/mol. The maximum Gasteiger partial charge on any atom is 0.343 e. The van der Waals surface area contributed by atoms with Gasteiger partial charge in [-0.15, -0.1) is 0 Å². The Morgan fingerprint density at radius 2 is 1.81 bits per heavy atom. The molecule has 1 amide bonds. The Morgan fingerprint density at radius 1 is 1.12 bits per heavy atom. The number of aryl methyl sites for hydroxylation is 1. The summed E-state index contributed by atoms with van der Waals surface area (Å²) in [7, 11) is 3.16. The summed E-state index contributed by atoms with van der Waals surface area (Å²) in [5.74, 6) is -4.70. The van der Waals surface area contributed by atoms with Gasteiger partial charge in [0.15, 0.2) is 11.5 Å². The summed E-state index contributed by atoms with van der Waals surface area (Å²) >= 11 is 5.87. The van der Waals surface area contributed by atoms with Crippen LogP contribution in [0.4, 0.5) is 4.39 Å². The molecule has 1 aliphatic heterocycles. The van der Waals surface area contributed by atoms with Crippen molar-refractivity contribution >= 4 is 35.2 Å². The van der Waals surface area contributed by atoms with Crippen LogP contribution in [0.25, 0.3) is 0 Å². The minimum absolute atomic E-state index is 0.0494. The van der Waals surface area contributed by atoms with Gasteiger partial charge in [-0.3, -0.25) is 14.4 Å². The number of Topliss-reactive ketones (excluding diaryl/α,β-unsaturated/α-hetero) is 1. The van der Waals surface area contributed by atoms with E-state index in [4.69, 9.17) is 21.1 Å². The largest absolute Gasteiger partial charge is 0.478 e. The first-order valence-electron chi connectivity index (χ1n) is 13.5. The summed E-state index contributed by atoms with van der Waals surface area (Å²) in [5.41, 5.74) is -2.32. The summed E-state index contributed by atoms with van der Waals surface area (Å²) in [5, 5.41) is 9.23. The highest BCUT2D eigenvalue weighted by molar-refractivity contribution is 6.30. The molecule has 0 bridgehead atoms. The number of methoxy groups -OCH3 is 1. The molecule has 10 nitrogen and oxygen atoms in total. The van der Waals surface area contributed by atoms with Gasteiger partial charge in [-0.05, 0) is 55.0 Å². The van der Waals surface area contributed by atoms with Crippen molar-refractivity contribution in [2.24, 2.45) is 5.92 Å². The fourth-order valence-corrected chi connectivity index (χ4v) is 6.17. The lowest BCUT2D eigenvalue weighted by Crippen LogP contribution is -2.60. The summed E-state index contributed by atoms with van der Waals surface area (Å²) in [4.78, 5) is 66.9. The van der Waals surface area contributed by atoms with E-state index in [1.54, 1.807) is 24.8 Å². The summed E-state index contributed by atoms with van der Waals surface area (Å²) in [6.07, 6.45) is 2.18. The molecule has 224 valence electrons. The Balaban J connectivity index is 1.59. The standard InChI is InChI=1S/C31H28ClFN2O8/c1-34-16-31(12-17(13-31)15-42-2)35-14-21(23(36)10-9-18-5-4-8-22(32)24(18)33)26(37)27(25(35)28(34)38)43-30(41)20-7-3-6-19(11-20)29(39)40/h3-8,11,14,17H,9-10,12-13,15-16H2,1-2H3,(H,39,40). The third-order valence-corrected chi connectivity index (χ3v) is 8.28. The number of rotatable bonds is 9. The minimum Gasteiger partial charge on any atom is -0.478 e. The van der Waals surface area contributed by atoms with Crippen LogP contribution in [0.1, 0.15) is 66.4 Å². The monoisotopic (exact) mass is 610 g/mol. The lowest BCUT2D eigenvalue weighted by molar-refractivity contribution is -0.0190. The average Bonchev–Trinajstić information content (AvgIpc) is 2.96. The van der Waals surface area contributed by atoms with Gasteiger partial charge in [-0.2, -0.15) is 0 Å². The van der Waals surface area contributed by atoms with Crippen LogP contribution in [-0.2, 0) is 16.7 Å². The van der Waals surface area contributed by atoms with Crippen LogP contribution in [0.2, 0.25) is 5.02 Å². The lowest BCUT2D eigenvalue weighted by Gasteiger charge is -2.54. The first-order valence-corrected chi connectivity index (χ1v) is 13.9. The van der Waals surface area contributed by atoms with Gasteiger partial charge in [0.25, 0.3) is 5.91 Å². The second-order valence-electron chi connectivity index (χ2n) is 10.9. The minimum atomic E-state index is -1.27. The number of nitrogens with zero attached hydrogens (tertiary/aromatic N) is 2. The van der Waals surface area contributed by atoms with E-state index in [2.05, 4.69) is 0 Å². The first kappa shape index (κ1) is 30.1. The van der Waals surface area contributed by atoms with E-state index in [-0.39, 0.29) is 58.3 Å². The Kier molecular flexibility index (Phi) is 8.22. The van der Waals surface area contributed by atoms with Crippen LogP contribution in [0.5, 0.6) is 5.75 Å². The predicted octanol–water partition coefficient (Wildman–Crippen LogP) is 4.21. The number of amides is 1. The van der Waals surface area contributed by atoms with E-state index in [9.17, 15) is 33.5 Å². The number of hydrogen-bond acceptors (Lipinski definition) is 7. The number of halogens is 2. The summed E-state index contributed by atoms with van der Waals surface area (Å²) in [6, 6.07) is 9.44. The topological polar surface area (TPSA) is 132 Å². The van der Waals surface area contributed by atoms with Crippen LogP contribution in [0.3, 0.4) is 0 Å². The third-order valence-electron chi connectivity index (χ3n) is 7.99. The molecule has 0 radical (unpaired) electrons. The molecule has 3 aromatic rings. The Labute approximate surface area is 250 Å². The third kappa shape index (κ3) is 5.57. The molecule has 5 rings (SSSR count). The quantitative estimate of drug-likeness (QED) is 0.281. The van der Waals surface area contributed by atoms with Gasteiger partial charge in [0, 0.05) is 39.9 Å². The van der Waals surface area contributed by atoms with Gasteiger partial charge in [0.1, 0.15) is 5.82 Å². The lowest BCUT2D eigenvalue weighted by atomic mass is 9.67. The number of carbonyl (C=O) groups excluding carboxylic acids is 3. The van der Waals surface area contributed by atoms with Crippen LogP contribution in [0, 0.1) is 11.7 Å². The molecule has 1 spiro atoms. The number of hydrogen-bond donors (Lipinski definition) is 1. The van der Waals surface area contributed by atoms with Crippen molar-refractivity contribution in [2.45, 2.75) is 31.2 Å². The van der Waals surface area contributed by atoms with Crippen LogP contribution < -0.4 is 10.2 Å². The van der Waals surface area contributed by atoms with Gasteiger partial charge >= 0.3 is 11.9 Å². The number of carboxylic acids is 1. The van der Waals surface area contributed by atoms with Gasteiger partial charge in [0.2, 0.25) is 11.2 Å². The van der Waals surface area contributed by atoms with Gasteiger partial charge in [-0.1, -0.05) is 29.8 Å². The fraction of sp³-hybridized carbons (Fsp3) is 0.323. The molecular formula is C31H28ClFN2O8. The first-order chi connectivity index (χ1) is 20.5. The molecule has 1 aromatic heterocycles. The van der Waals surface area contributed by atoms with Crippen molar-refractivity contribution in [3.05, 3.63) is 97.7 Å². The number of pyridine rings is 1. The number of esters is 1. The number of aromatic nitrogens is 1. The van der Waals surface area contributed by atoms with Crippen molar-refractivity contribution in [1.29, 1.82) is 0 Å². The molecule has 1 saturated carbocycles. The molecule has 1 N–H and O–H groups in total. The maximum absolute atomic E-state index is 14.5. The van der Waals surface area contributed by atoms with E-state index >= 15 is 0 Å². The molecule has 1 aliphatic carbocycles. The number of likely N-dealkylation sites (N-methyl/N-ethyl adjacent to an activating group) is 1. The molecule has 2 heterocycles. The molecule has 43 heavy (non-hydrogen) atoms. The van der Waals surface area contributed by atoms with Crippen molar-refractivity contribution in [3.63, 3.8) is 0 Å². The van der Waals surface area contributed by atoms with E-state index in [1.807, 2.05) is 0 Å². The molecule has 12 heteroatoms. The number of ketones is 1. The molecule has 2 aromatic carbocycles. The SMILES string of the molecule is COCC1CC2(C1)CN(C)C(=O)c1c(OC(=O)c3cccc(C(=O)O)c3)c(=O)c(C(=O)CCc3cccc(Cl)c3F)cn12. The van der Waals surface area contributed by atoms with Crippen molar-refractivity contribution in [3.8, 4) is 5.75 Å². The Morgan fingerprint density at radius 3 is 2.51 bits per heavy atom. The van der Waals surface area contributed by atoms with Gasteiger partial charge in [0.05, 0.1) is 27.3 Å². The number of carboxylic acid groups (broad SMARTS) is 1. The van der Waals surface area contributed by atoms with E-state index in [1.165, 1.54) is 41.4 Å². The zero-order chi connectivity index (χ0) is 31.1. The number of carbonyl (C=O) groups is 4. The Bertz CT molecular complexity index is 1710. The van der Waals surface area contributed by atoms with Crippen LogP contribution >= 0.6 is 11.6 Å². The normalized spacial score (nSPS) is 19.1. The zero-order valence-electron chi connectivity index (χ0n) is 23.4. The second-order valence-corrected chi connectivity index (χ2v) is 11.4. The van der Waals surface area contributed by atoms with Gasteiger partial charge in [-0.25, -0.2) is 14.0 Å². The zero-order valence-corrected chi connectivity index (χ0v) is 24.2. The number of aromatic carboxylic acids is 1. The highest BCUT2D eigenvalue weighted by Gasteiger charge is 2.52. The Hall–Kier alpha value is -4.35. The van der Waals surface area contributed by atoms with Crippen molar-refractivity contribution < 1.29 is 38.1 Å². The molecule has 0 unspecified atom stereocenters.